The molecule has 0 atom stereocenters. The average molecular weight is 432 g/mol. The molecule has 0 spiro atoms. The van der Waals surface area contributed by atoms with E-state index in [4.69, 9.17) is 10.3 Å². The van der Waals surface area contributed by atoms with Gasteiger partial charge in [0.05, 0.1) is 0 Å². The molecule has 1 amide bonds. The number of rotatable bonds is 7. The highest BCUT2D eigenvalue weighted by Crippen LogP contribution is 2.34. The van der Waals surface area contributed by atoms with Gasteiger partial charge in [0.25, 0.3) is 5.89 Å². The number of nitrogens with zero attached hydrogens (tertiary/aromatic N) is 4. The van der Waals surface area contributed by atoms with Gasteiger partial charge in [-0.15, -0.1) is 0 Å². The summed E-state index contributed by atoms with van der Waals surface area (Å²) in [5, 5.41) is 14.6. The summed E-state index contributed by atoms with van der Waals surface area (Å²) < 4.78 is 6.95. The van der Waals surface area contributed by atoms with Crippen molar-refractivity contribution in [1.82, 2.24) is 19.9 Å². The maximum absolute atomic E-state index is 12.6. The Balaban J connectivity index is 1.62. The molecule has 2 aromatic carbocycles. The molecule has 0 saturated heterocycles. The molecule has 9 heteroatoms. The molecule has 0 aliphatic rings. The van der Waals surface area contributed by atoms with Crippen LogP contribution in [0.3, 0.4) is 0 Å². The van der Waals surface area contributed by atoms with Crippen LogP contribution < -0.4 is 16.4 Å². The number of anilines is 3. The Labute approximate surface area is 185 Å². The van der Waals surface area contributed by atoms with Gasteiger partial charge in [-0.3, -0.25) is 4.79 Å². The van der Waals surface area contributed by atoms with Crippen LogP contribution in [0.15, 0.2) is 53.1 Å². The minimum atomic E-state index is -0.245. The van der Waals surface area contributed by atoms with E-state index in [1.54, 1.807) is 0 Å². The number of aromatic nitrogens is 4. The average Bonchev–Trinajstić information content (AvgIpc) is 3.33. The summed E-state index contributed by atoms with van der Waals surface area (Å²) in [5.74, 6) is 1.20. The zero-order valence-electron chi connectivity index (χ0n) is 18.2. The Morgan fingerprint density at radius 1 is 1.16 bits per heavy atom. The first-order valence-electron chi connectivity index (χ1n) is 10.3. The number of hydrogen-bond donors (Lipinski definition) is 3. The van der Waals surface area contributed by atoms with Crippen LogP contribution in [0, 0.1) is 13.8 Å². The van der Waals surface area contributed by atoms with Crippen LogP contribution in [0.4, 0.5) is 17.3 Å². The van der Waals surface area contributed by atoms with Crippen LogP contribution in [0.25, 0.3) is 22.8 Å². The van der Waals surface area contributed by atoms with E-state index in [1.807, 2.05) is 69.3 Å². The molecule has 9 nitrogen and oxygen atoms in total. The highest BCUT2D eigenvalue weighted by atomic mass is 16.5. The molecule has 164 valence electrons. The van der Waals surface area contributed by atoms with Gasteiger partial charge in [0.1, 0.15) is 17.9 Å². The molecule has 0 bridgehead atoms. The summed E-state index contributed by atoms with van der Waals surface area (Å²) in [7, 11) is 0. The fraction of sp³-hybridized carbons (Fsp3) is 0.217. The number of nitrogen functional groups attached to an aromatic ring is 1. The molecule has 0 fully saturated rings. The third kappa shape index (κ3) is 4.31. The van der Waals surface area contributed by atoms with Gasteiger partial charge in [0, 0.05) is 17.8 Å². The lowest BCUT2D eigenvalue weighted by atomic mass is 10.1. The van der Waals surface area contributed by atoms with E-state index in [-0.39, 0.29) is 24.2 Å². The summed E-state index contributed by atoms with van der Waals surface area (Å²) in [6, 6.07) is 15.4. The topological polar surface area (TPSA) is 124 Å². The van der Waals surface area contributed by atoms with Gasteiger partial charge in [-0.1, -0.05) is 41.6 Å². The van der Waals surface area contributed by atoms with E-state index < -0.39 is 0 Å². The van der Waals surface area contributed by atoms with Crippen molar-refractivity contribution in [1.29, 1.82) is 0 Å². The van der Waals surface area contributed by atoms with Gasteiger partial charge in [-0.2, -0.15) is 10.1 Å². The molecular weight excluding hydrogens is 406 g/mol. The van der Waals surface area contributed by atoms with Crippen molar-refractivity contribution >= 4 is 23.2 Å². The normalized spacial score (nSPS) is 10.8. The Kier molecular flexibility index (Phi) is 5.89. The van der Waals surface area contributed by atoms with Crippen LogP contribution in [0.2, 0.25) is 0 Å². The number of carbonyl (C=O) groups excluding carboxylic acids is 1. The highest BCUT2D eigenvalue weighted by Gasteiger charge is 2.24. The van der Waals surface area contributed by atoms with E-state index in [0.29, 0.717) is 29.4 Å². The summed E-state index contributed by atoms with van der Waals surface area (Å²) in [6.45, 7) is 6.44. The Bertz CT molecular complexity index is 1260. The molecule has 0 saturated carbocycles. The molecule has 0 aliphatic carbocycles. The van der Waals surface area contributed by atoms with Crippen molar-refractivity contribution in [2.75, 3.05) is 22.9 Å². The third-order valence-electron chi connectivity index (χ3n) is 4.96. The van der Waals surface area contributed by atoms with Gasteiger partial charge >= 0.3 is 0 Å². The van der Waals surface area contributed by atoms with E-state index in [2.05, 4.69) is 25.9 Å². The lowest BCUT2D eigenvalue weighted by molar-refractivity contribution is -0.116. The van der Waals surface area contributed by atoms with Gasteiger partial charge < -0.3 is 20.9 Å². The molecule has 0 aliphatic heterocycles. The standard InChI is InChI=1S/C23H25N7O2/c1-4-25-22-19(23-27-21(29-32-23)17-11-6-5-9-15(17)3)20(24)30(28-22)13-18(31)26-16-10-7-8-14(2)12-16/h5-12H,4,13,24H2,1-3H3,(H,25,28)(H,26,31). The molecule has 4 rings (SSSR count). The molecule has 0 unspecified atom stereocenters. The first-order chi connectivity index (χ1) is 15.5. The van der Waals surface area contributed by atoms with Crippen molar-refractivity contribution in [2.45, 2.75) is 27.3 Å². The second kappa shape index (κ2) is 8.93. The van der Waals surface area contributed by atoms with Crippen LogP contribution in [0.1, 0.15) is 18.1 Å². The fourth-order valence-corrected chi connectivity index (χ4v) is 3.42. The molecule has 2 heterocycles. The van der Waals surface area contributed by atoms with Crippen LogP contribution in [-0.4, -0.2) is 32.4 Å². The lowest BCUT2D eigenvalue weighted by Crippen LogP contribution is -2.20. The van der Waals surface area contributed by atoms with Crippen molar-refractivity contribution in [2.24, 2.45) is 0 Å². The SMILES string of the molecule is CCNc1nn(CC(=O)Nc2cccc(C)c2)c(N)c1-c1nc(-c2ccccc2C)no1. The molecule has 0 radical (unpaired) electrons. The first kappa shape index (κ1) is 21.1. The maximum atomic E-state index is 12.6. The number of aryl methyl sites for hydroxylation is 2. The molecular formula is C23H25N7O2. The second-order valence-electron chi connectivity index (χ2n) is 7.45. The van der Waals surface area contributed by atoms with Gasteiger partial charge in [-0.25, -0.2) is 4.68 Å². The molecule has 4 N–H and O–H groups in total. The predicted molar refractivity (Wildman–Crippen MR) is 124 cm³/mol. The van der Waals surface area contributed by atoms with Crippen molar-refractivity contribution in [3.63, 3.8) is 0 Å². The minimum absolute atomic E-state index is 0.0586. The molecule has 4 aromatic rings. The van der Waals surface area contributed by atoms with E-state index >= 15 is 0 Å². The Hall–Kier alpha value is -4.14. The summed E-state index contributed by atoms with van der Waals surface area (Å²) in [6.07, 6.45) is 0. The monoisotopic (exact) mass is 431 g/mol. The van der Waals surface area contributed by atoms with Crippen molar-refractivity contribution < 1.29 is 9.32 Å². The third-order valence-corrected chi connectivity index (χ3v) is 4.96. The quantitative estimate of drug-likeness (QED) is 0.406. The van der Waals surface area contributed by atoms with Crippen LogP contribution in [-0.2, 0) is 11.3 Å². The number of benzene rings is 2. The summed E-state index contributed by atoms with van der Waals surface area (Å²) in [4.78, 5) is 17.1. The van der Waals surface area contributed by atoms with Crippen molar-refractivity contribution in [3.8, 4) is 22.8 Å². The highest BCUT2D eigenvalue weighted by molar-refractivity contribution is 5.91. The van der Waals surface area contributed by atoms with Crippen molar-refractivity contribution in [3.05, 3.63) is 59.7 Å². The molecule has 32 heavy (non-hydrogen) atoms. The van der Waals surface area contributed by atoms with Gasteiger partial charge in [-0.05, 0) is 44.0 Å². The fourth-order valence-electron chi connectivity index (χ4n) is 3.42. The van der Waals surface area contributed by atoms with Gasteiger partial charge in [0.15, 0.2) is 5.82 Å². The number of amides is 1. The number of carbonyl (C=O) groups is 1. The zero-order valence-corrected chi connectivity index (χ0v) is 18.2. The van der Waals surface area contributed by atoms with Crippen LogP contribution in [0.5, 0.6) is 0 Å². The summed E-state index contributed by atoms with van der Waals surface area (Å²) >= 11 is 0. The number of hydrogen-bond acceptors (Lipinski definition) is 7. The Morgan fingerprint density at radius 2 is 1.97 bits per heavy atom. The zero-order chi connectivity index (χ0) is 22.7. The minimum Gasteiger partial charge on any atom is -0.383 e. The lowest BCUT2D eigenvalue weighted by Gasteiger charge is -2.07. The van der Waals surface area contributed by atoms with Crippen LogP contribution >= 0.6 is 0 Å². The molecule has 2 aromatic heterocycles. The maximum Gasteiger partial charge on any atom is 0.265 e. The second-order valence-corrected chi connectivity index (χ2v) is 7.45. The first-order valence-corrected chi connectivity index (χ1v) is 10.3. The largest absolute Gasteiger partial charge is 0.383 e. The smallest absolute Gasteiger partial charge is 0.265 e. The number of nitrogens with two attached hydrogens (primary N) is 1. The van der Waals surface area contributed by atoms with Gasteiger partial charge in [0.2, 0.25) is 11.7 Å². The predicted octanol–water partition coefficient (Wildman–Crippen LogP) is 3.87. The van der Waals surface area contributed by atoms with E-state index in [9.17, 15) is 4.79 Å². The Morgan fingerprint density at radius 3 is 2.72 bits per heavy atom. The number of nitrogens with one attached hydrogen (secondary N) is 2. The van der Waals surface area contributed by atoms with E-state index in [1.165, 1.54) is 4.68 Å². The van der Waals surface area contributed by atoms with E-state index in [0.717, 1.165) is 16.7 Å². The summed E-state index contributed by atoms with van der Waals surface area (Å²) in [5.41, 5.74) is 10.5.